The second kappa shape index (κ2) is 13.8. The second-order valence-electron chi connectivity index (χ2n) is 13.2. The number of carbonyl (C=O) groups excluding carboxylic acids is 2. The molecule has 0 radical (unpaired) electrons. The van der Waals surface area contributed by atoms with Gasteiger partial charge in [0, 0.05) is 38.9 Å². The van der Waals surface area contributed by atoms with Crippen molar-refractivity contribution in [2.24, 2.45) is 5.73 Å². The molecular formula is C36H42FN5O6. The third kappa shape index (κ3) is 7.09. The SMILES string of the molecule is CC(C)(C)OC(N)=O.O=C(c1cn2c3c(c(NCCCN4CCOCC4)c(F)cc3c1=O)Oc1cc3ccccc3cc1-2)N1CCCC1. The topological polar surface area (TPSA) is 128 Å². The maximum atomic E-state index is 15.7. The number of rotatable bonds is 6. The molecule has 2 fully saturated rings. The summed E-state index contributed by atoms with van der Waals surface area (Å²) in [6.07, 6.45) is 3.53. The van der Waals surface area contributed by atoms with Crippen LogP contribution in [-0.4, -0.2) is 84.5 Å². The number of halogens is 1. The number of ether oxygens (including phenoxy) is 3. The maximum Gasteiger partial charge on any atom is 0.405 e. The Morgan fingerprint density at radius 1 is 1.02 bits per heavy atom. The van der Waals surface area contributed by atoms with Gasteiger partial charge in [0.15, 0.2) is 17.3 Å². The molecule has 0 aliphatic carbocycles. The van der Waals surface area contributed by atoms with Crippen LogP contribution in [0.5, 0.6) is 11.5 Å². The molecule has 3 N–H and O–H groups in total. The molecule has 2 amide bonds. The average Bonchev–Trinajstić information content (AvgIpc) is 3.59. The summed E-state index contributed by atoms with van der Waals surface area (Å²) in [7, 11) is 0. The number of fused-ring (bicyclic) bond motifs is 3. The average molecular weight is 660 g/mol. The fourth-order valence-corrected chi connectivity index (χ4v) is 6.35. The number of hydrogen-bond donors (Lipinski definition) is 2. The largest absolute Gasteiger partial charge is 0.451 e. The number of nitrogens with one attached hydrogen (secondary N) is 1. The van der Waals surface area contributed by atoms with Gasteiger partial charge in [-0.25, -0.2) is 9.18 Å². The van der Waals surface area contributed by atoms with E-state index < -0.39 is 22.9 Å². The zero-order chi connectivity index (χ0) is 34.0. The van der Waals surface area contributed by atoms with Crippen LogP contribution in [0.15, 0.2) is 53.5 Å². The van der Waals surface area contributed by atoms with Crippen molar-refractivity contribution in [2.45, 2.75) is 45.6 Å². The Bertz CT molecular complexity index is 1910. The summed E-state index contributed by atoms with van der Waals surface area (Å²) in [4.78, 5) is 41.2. The maximum absolute atomic E-state index is 15.7. The van der Waals surface area contributed by atoms with Crippen LogP contribution in [0.4, 0.5) is 14.9 Å². The van der Waals surface area contributed by atoms with Crippen molar-refractivity contribution in [1.29, 1.82) is 0 Å². The first-order valence-electron chi connectivity index (χ1n) is 16.4. The normalized spacial score (nSPS) is 15.8. The lowest BCUT2D eigenvalue weighted by Crippen LogP contribution is -2.37. The van der Waals surface area contributed by atoms with E-state index in [4.69, 9.17) is 15.2 Å². The van der Waals surface area contributed by atoms with E-state index >= 15 is 4.39 Å². The lowest BCUT2D eigenvalue weighted by molar-refractivity contribution is 0.0378. The van der Waals surface area contributed by atoms with Crippen molar-refractivity contribution >= 4 is 39.4 Å². The zero-order valence-electron chi connectivity index (χ0n) is 27.6. The Hall–Kier alpha value is -4.68. The summed E-state index contributed by atoms with van der Waals surface area (Å²) >= 11 is 0. The fraction of sp³-hybridized carbons (Fsp3) is 0.417. The molecule has 0 saturated carbocycles. The van der Waals surface area contributed by atoms with Crippen LogP contribution in [0, 0.1) is 5.82 Å². The first-order chi connectivity index (χ1) is 23.0. The van der Waals surface area contributed by atoms with Crippen LogP contribution in [0.3, 0.4) is 0 Å². The number of pyridine rings is 1. The van der Waals surface area contributed by atoms with Gasteiger partial charge in [0.2, 0.25) is 5.43 Å². The Balaban J connectivity index is 0.000000449. The number of primary amides is 1. The molecule has 11 nitrogen and oxygen atoms in total. The molecular weight excluding hydrogens is 617 g/mol. The molecule has 0 atom stereocenters. The molecule has 4 heterocycles. The number of nitrogens with zero attached hydrogens (tertiary/aromatic N) is 3. The smallest absolute Gasteiger partial charge is 0.405 e. The number of likely N-dealkylation sites (tertiary alicyclic amines) is 1. The third-order valence-corrected chi connectivity index (χ3v) is 8.58. The number of benzene rings is 3. The molecule has 48 heavy (non-hydrogen) atoms. The minimum absolute atomic E-state index is 0.0481. The van der Waals surface area contributed by atoms with Crippen LogP contribution < -0.4 is 21.2 Å². The van der Waals surface area contributed by atoms with Crippen molar-refractivity contribution in [2.75, 3.05) is 57.8 Å². The predicted octanol–water partition coefficient (Wildman–Crippen LogP) is 5.64. The van der Waals surface area contributed by atoms with Crippen molar-refractivity contribution in [3.63, 3.8) is 0 Å². The molecule has 0 bridgehead atoms. The zero-order valence-corrected chi connectivity index (χ0v) is 27.6. The number of morpholine rings is 1. The monoisotopic (exact) mass is 659 g/mol. The molecule has 3 aromatic carbocycles. The van der Waals surface area contributed by atoms with Crippen LogP contribution in [0.1, 0.15) is 50.4 Å². The number of amides is 2. The molecule has 4 aromatic rings. The Morgan fingerprint density at radius 2 is 1.71 bits per heavy atom. The van der Waals surface area contributed by atoms with E-state index in [1.807, 2.05) is 41.0 Å². The summed E-state index contributed by atoms with van der Waals surface area (Å²) in [5.41, 5.74) is 5.22. The summed E-state index contributed by atoms with van der Waals surface area (Å²) in [5, 5.41) is 5.36. The molecule has 3 aliphatic heterocycles. The van der Waals surface area contributed by atoms with Gasteiger partial charge in [-0.2, -0.15) is 0 Å². The van der Waals surface area contributed by atoms with E-state index in [0.717, 1.165) is 62.9 Å². The van der Waals surface area contributed by atoms with Gasteiger partial charge in [0.1, 0.15) is 22.4 Å². The van der Waals surface area contributed by atoms with Crippen LogP contribution >= 0.6 is 0 Å². The van der Waals surface area contributed by atoms with E-state index in [9.17, 15) is 14.4 Å². The molecule has 0 unspecified atom stereocenters. The highest BCUT2D eigenvalue weighted by atomic mass is 19.1. The highest BCUT2D eigenvalue weighted by Gasteiger charge is 2.30. The molecule has 3 aliphatic rings. The lowest BCUT2D eigenvalue weighted by atomic mass is 10.0. The van der Waals surface area contributed by atoms with Gasteiger partial charge >= 0.3 is 6.09 Å². The van der Waals surface area contributed by atoms with Crippen molar-refractivity contribution in [1.82, 2.24) is 14.4 Å². The number of nitrogens with two attached hydrogens (primary N) is 1. The molecule has 2 saturated heterocycles. The first-order valence-corrected chi connectivity index (χ1v) is 16.4. The molecule has 254 valence electrons. The molecule has 12 heteroatoms. The number of anilines is 1. The Morgan fingerprint density at radius 3 is 2.35 bits per heavy atom. The standard InChI is InChI=1S/C31H31FN4O4.C5H11NO2/c32-24-18-22-28-30(27(24)33-8-5-9-34-12-14-39-15-13-34)40-26-17-21-7-2-1-6-20(21)16-25(26)36(28)19-23(29(22)37)31(38)35-10-3-4-11-35;1-5(2,3)8-4(6)7/h1-2,6-7,16-19,33H,3-5,8-15H2;1-3H3,(H2,6,7). The molecule has 0 spiro atoms. The number of aromatic nitrogens is 1. The van der Waals surface area contributed by atoms with Crippen LogP contribution in [0.25, 0.3) is 27.4 Å². The van der Waals surface area contributed by atoms with E-state index in [1.165, 1.54) is 6.07 Å². The summed E-state index contributed by atoms with van der Waals surface area (Å²) in [6, 6.07) is 13.1. The Kier molecular flexibility index (Phi) is 9.56. The first kappa shape index (κ1) is 33.2. The van der Waals surface area contributed by atoms with Crippen molar-refractivity contribution < 1.29 is 28.2 Å². The number of carbonyl (C=O) groups is 2. The molecule has 7 rings (SSSR count). The summed E-state index contributed by atoms with van der Waals surface area (Å²) in [5.74, 6) is -0.0825. The summed E-state index contributed by atoms with van der Waals surface area (Å²) < 4.78 is 34.0. The second-order valence-corrected chi connectivity index (χ2v) is 13.2. The van der Waals surface area contributed by atoms with Crippen LogP contribution in [0.2, 0.25) is 0 Å². The minimum Gasteiger partial charge on any atom is -0.451 e. The van der Waals surface area contributed by atoms with Crippen molar-refractivity contribution in [3.05, 3.63) is 70.3 Å². The lowest BCUT2D eigenvalue weighted by Gasteiger charge is -2.28. The van der Waals surface area contributed by atoms with E-state index in [2.05, 4.69) is 15.0 Å². The van der Waals surface area contributed by atoms with Gasteiger partial charge in [-0.1, -0.05) is 24.3 Å². The molecule has 1 aromatic heterocycles. The third-order valence-electron chi connectivity index (χ3n) is 8.58. The van der Waals surface area contributed by atoms with Gasteiger partial charge in [-0.15, -0.1) is 0 Å². The quantitative estimate of drug-likeness (QED) is 0.224. The Labute approximate surface area is 278 Å². The van der Waals surface area contributed by atoms with Gasteiger partial charge in [-0.3, -0.25) is 14.5 Å². The number of hydrogen-bond acceptors (Lipinski definition) is 8. The van der Waals surface area contributed by atoms with E-state index in [-0.39, 0.29) is 28.3 Å². The highest BCUT2D eigenvalue weighted by Crippen LogP contribution is 2.46. The predicted molar refractivity (Wildman–Crippen MR) is 183 cm³/mol. The van der Waals surface area contributed by atoms with E-state index in [1.54, 1.807) is 31.9 Å². The van der Waals surface area contributed by atoms with Crippen LogP contribution in [-0.2, 0) is 9.47 Å². The fourth-order valence-electron chi connectivity index (χ4n) is 6.35. The summed E-state index contributed by atoms with van der Waals surface area (Å²) in [6.45, 7) is 11.2. The highest BCUT2D eigenvalue weighted by molar-refractivity contribution is 6.02. The van der Waals surface area contributed by atoms with Gasteiger partial charge in [-0.05, 0) is 75.5 Å². The van der Waals surface area contributed by atoms with Crippen molar-refractivity contribution in [3.8, 4) is 17.2 Å². The van der Waals surface area contributed by atoms with Gasteiger partial charge in [0.25, 0.3) is 5.91 Å². The van der Waals surface area contributed by atoms with Gasteiger partial charge in [0.05, 0.1) is 24.3 Å². The van der Waals surface area contributed by atoms with E-state index in [0.29, 0.717) is 36.6 Å². The van der Waals surface area contributed by atoms with Gasteiger partial charge < -0.3 is 34.7 Å². The minimum atomic E-state index is -0.725.